The van der Waals surface area contributed by atoms with Gasteiger partial charge in [-0.05, 0) is 11.8 Å². The molecule has 14 nitrogen and oxygen atoms in total. The lowest BCUT2D eigenvalue weighted by atomic mass is 10.1. The van der Waals surface area contributed by atoms with E-state index in [9.17, 15) is 33.8 Å². The molecule has 29 heavy (non-hydrogen) atoms. The van der Waals surface area contributed by atoms with Gasteiger partial charge in [-0.2, -0.15) is 0 Å². The maximum Gasteiger partial charge on any atom is 0.346 e. The maximum absolute atomic E-state index is 11.8. The van der Waals surface area contributed by atoms with E-state index in [1.807, 2.05) is 4.98 Å². The third-order valence-electron chi connectivity index (χ3n) is 3.46. The van der Waals surface area contributed by atoms with Gasteiger partial charge in [0.25, 0.3) is 11.3 Å². The Hall–Kier alpha value is -0.180. The Kier molecular flexibility index (Phi) is 7.90. The molecule has 166 valence electrons. The first kappa shape index (κ1) is 25.1. The summed E-state index contributed by atoms with van der Waals surface area (Å²) in [6.45, 7) is -0.608. The smallest absolute Gasteiger partial charge is 0.346 e. The molecule has 19 heteroatoms. The second kappa shape index (κ2) is 9.13. The molecular formula is C10H17N2O12P3S2. The minimum absolute atomic E-state index is 0.608. The third-order valence-corrected chi connectivity index (χ3v) is 10.6. The van der Waals surface area contributed by atoms with E-state index in [-0.39, 0.29) is 0 Å². The van der Waals surface area contributed by atoms with Gasteiger partial charge < -0.3 is 34.2 Å². The van der Waals surface area contributed by atoms with Crippen LogP contribution in [0, 0.1) is 0 Å². The fourth-order valence-corrected chi connectivity index (χ4v) is 9.03. The van der Waals surface area contributed by atoms with Gasteiger partial charge in [0.2, 0.25) is 0 Å². The fourth-order valence-electron chi connectivity index (χ4n) is 2.34. The van der Waals surface area contributed by atoms with Crippen molar-refractivity contribution in [2.24, 2.45) is 0 Å². The van der Waals surface area contributed by atoms with Crippen LogP contribution in [0.25, 0.3) is 0 Å². The lowest BCUT2D eigenvalue weighted by Crippen LogP contribution is -2.37. The minimum Gasteiger partial charge on any atom is -0.387 e. The summed E-state index contributed by atoms with van der Waals surface area (Å²) in [5.74, 6) is -1.50. The Labute approximate surface area is 172 Å². The molecule has 0 aliphatic carbocycles. The summed E-state index contributed by atoms with van der Waals surface area (Å²) < 4.78 is 38.4. The first-order valence-electron chi connectivity index (χ1n) is 7.48. The molecule has 0 bridgehead atoms. The first-order chi connectivity index (χ1) is 13.1. The van der Waals surface area contributed by atoms with Crippen LogP contribution in [-0.2, 0) is 34.5 Å². The van der Waals surface area contributed by atoms with Crippen molar-refractivity contribution in [1.82, 2.24) is 9.55 Å². The van der Waals surface area contributed by atoms with Crippen LogP contribution in [0.1, 0.15) is 6.23 Å². The summed E-state index contributed by atoms with van der Waals surface area (Å²) in [5, 5.41) is 20.2. The zero-order valence-electron chi connectivity index (χ0n) is 14.1. The standard InChI is InChI=1S/C10H17N2O12P3S2/c13-6-1-2-12(10(16)11-6)9-8(15)7(14)5(23-9)3-22-27(28,29)24-26(20,21)4-25(17,18)19/h1-2,5,7-9,14-15H,3-4H2,(H,20,21)(H,28,29)(H,11,13,16)(H2,17,18,19)/t5-,7+,8?,9-/m1/s1. The van der Waals surface area contributed by atoms with Gasteiger partial charge in [0, 0.05) is 12.3 Å². The van der Waals surface area contributed by atoms with E-state index in [4.69, 9.17) is 30.9 Å². The molecule has 1 aromatic rings. The number of rotatable bonds is 8. The highest BCUT2D eigenvalue weighted by atomic mass is 32.9. The van der Waals surface area contributed by atoms with E-state index < -0.39 is 69.2 Å². The van der Waals surface area contributed by atoms with Crippen molar-refractivity contribution in [2.75, 3.05) is 12.5 Å². The SMILES string of the molecule is O=c1ccn([C@@H]2O[C@H](COP(=S)(S)OP(=O)(O)CP(=O)(O)O)[C@H](O)C2O)c(=O)[nH]1. The highest BCUT2D eigenvalue weighted by Gasteiger charge is 2.45. The van der Waals surface area contributed by atoms with Crippen LogP contribution in [0.5, 0.6) is 0 Å². The van der Waals surface area contributed by atoms with E-state index in [1.54, 1.807) is 0 Å². The van der Waals surface area contributed by atoms with E-state index in [0.717, 1.165) is 16.8 Å². The van der Waals surface area contributed by atoms with Crippen molar-refractivity contribution in [3.05, 3.63) is 33.1 Å². The molecule has 0 saturated carbocycles. The van der Waals surface area contributed by atoms with Crippen molar-refractivity contribution >= 4 is 44.9 Å². The largest absolute Gasteiger partial charge is 0.387 e. The molecule has 0 amide bonds. The molecule has 6 N–H and O–H groups in total. The quantitative estimate of drug-likeness (QED) is 0.158. The molecule has 0 aromatic carbocycles. The molecule has 2 rings (SSSR count). The minimum atomic E-state index is -4.89. The lowest BCUT2D eigenvalue weighted by molar-refractivity contribution is -0.0510. The average molecular weight is 514 g/mol. The number of aromatic amines is 1. The van der Waals surface area contributed by atoms with Gasteiger partial charge in [-0.1, -0.05) is 12.2 Å². The zero-order chi connectivity index (χ0) is 22.2. The molecule has 1 aromatic heterocycles. The molecule has 3 unspecified atom stereocenters. The monoisotopic (exact) mass is 514 g/mol. The van der Waals surface area contributed by atoms with Crippen molar-refractivity contribution in [2.45, 2.75) is 24.5 Å². The normalized spacial score (nSPS) is 29.3. The van der Waals surface area contributed by atoms with Crippen LogP contribution < -0.4 is 11.2 Å². The summed E-state index contributed by atoms with van der Waals surface area (Å²) in [5.41, 5.74) is -5.41. The van der Waals surface area contributed by atoms with Gasteiger partial charge in [0.1, 0.15) is 18.3 Å². The van der Waals surface area contributed by atoms with Crippen LogP contribution in [-0.4, -0.2) is 65.3 Å². The molecule has 0 radical (unpaired) electrons. The summed E-state index contributed by atoms with van der Waals surface area (Å²) in [6.07, 6.45) is -4.82. The van der Waals surface area contributed by atoms with Crippen molar-refractivity contribution in [3.8, 4) is 0 Å². The number of H-pyrrole nitrogens is 1. The number of aliphatic hydroxyl groups is 2. The van der Waals surface area contributed by atoms with E-state index >= 15 is 0 Å². The number of aliphatic hydroxyl groups excluding tert-OH is 2. The Morgan fingerprint density at radius 2 is 1.86 bits per heavy atom. The van der Waals surface area contributed by atoms with Gasteiger partial charge in [0.15, 0.2) is 12.1 Å². The zero-order valence-corrected chi connectivity index (χ0v) is 18.5. The second-order valence-corrected chi connectivity index (χ2v) is 15.3. The average Bonchev–Trinajstić information content (AvgIpc) is 2.78. The van der Waals surface area contributed by atoms with Crippen molar-refractivity contribution in [3.63, 3.8) is 0 Å². The summed E-state index contributed by atoms with van der Waals surface area (Å²) in [7, 11) is -9.74. The number of aromatic nitrogens is 2. The van der Waals surface area contributed by atoms with Crippen LogP contribution in [0.2, 0.25) is 0 Å². The molecule has 1 saturated heterocycles. The van der Waals surface area contributed by atoms with Gasteiger partial charge in [-0.3, -0.25) is 23.5 Å². The van der Waals surface area contributed by atoms with Gasteiger partial charge in [-0.25, -0.2) is 9.11 Å². The van der Waals surface area contributed by atoms with Gasteiger partial charge in [-0.15, -0.1) is 0 Å². The molecule has 6 atom stereocenters. The maximum atomic E-state index is 11.8. The number of hydrogen-bond donors (Lipinski definition) is 7. The Morgan fingerprint density at radius 3 is 2.41 bits per heavy atom. The third kappa shape index (κ3) is 7.18. The summed E-state index contributed by atoms with van der Waals surface area (Å²) in [4.78, 5) is 51.9. The van der Waals surface area contributed by atoms with Crippen molar-refractivity contribution in [1.29, 1.82) is 0 Å². The highest BCUT2D eigenvalue weighted by molar-refractivity contribution is 8.60. The highest BCUT2D eigenvalue weighted by Crippen LogP contribution is 2.68. The number of thiol groups is 1. The Bertz CT molecular complexity index is 1010. The number of nitrogens with one attached hydrogen (secondary N) is 1. The topological polar surface area (TPSA) is 218 Å². The molecule has 1 aliphatic rings. The fraction of sp³-hybridized carbons (Fsp3) is 0.600. The van der Waals surface area contributed by atoms with Crippen molar-refractivity contribution < 1.29 is 47.6 Å². The van der Waals surface area contributed by atoms with E-state index in [1.165, 1.54) is 0 Å². The molecule has 0 spiro atoms. The molecular weight excluding hydrogens is 497 g/mol. The first-order valence-corrected chi connectivity index (χ1v) is 14.8. The predicted octanol–water partition coefficient (Wildman–Crippen LogP) is -1.34. The molecule has 1 aliphatic heterocycles. The summed E-state index contributed by atoms with van der Waals surface area (Å²) in [6, 6.07) is 0.995. The molecule has 2 heterocycles. The van der Waals surface area contributed by atoms with Crippen LogP contribution in [0.4, 0.5) is 0 Å². The van der Waals surface area contributed by atoms with Gasteiger partial charge >= 0.3 is 20.9 Å². The van der Waals surface area contributed by atoms with E-state index in [0.29, 0.717) is 0 Å². The summed E-state index contributed by atoms with van der Waals surface area (Å²) >= 11 is 8.57. The second-order valence-electron chi connectivity index (χ2n) is 5.85. The number of ether oxygens (including phenoxy) is 1. The molecule has 1 fully saturated rings. The predicted molar refractivity (Wildman–Crippen MR) is 104 cm³/mol. The van der Waals surface area contributed by atoms with Crippen LogP contribution >= 0.6 is 33.1 Å². The van der Waals surface area contributed by atoms with Gasteiger partial charge in [0.05, 0.1) is 6.61 Å². The Morgan fingerprint density at radius 1 is 1.24 bits per heavy atom. The van der Waals surface area contributed by atoms with E-state index in [2.05, 4.69) is 16.6 Å². The van der Waals surface area contributed by atoms with Crippen LogP contribution in [0.3, 0.4) is 0 Å². The Balaban J connectivity index is 2.06. The van der Waals surface area contributed by atoms with Crippen LogP contribution in [0.15, 0.2) is 21.9 Å². The number of nitrogens with zero attached hydrogens (tertiary/aromatic N) is 1. The lowest BCUT2D eigenvalue weighted by Gasteiger charge is -2.22. The number of hydrogen-bond acceptors (Lipinski definition) is 10.